The van der Waals surface area contributed by atoms with Gasteiger partial charge in [-0.05, 0) is 39.1 Å². The highest BCUT2D eigenvalue weighted by molar-refractivity contribution is 6.27. The van der Waals surface area contributed by atoms with Crippen LogP contribution in [0, 0.1) is 5.92 Å². The van der Waals surface area contributed by atoms with E-state index in [1.807, 2.05) is 7.05 Å². The lowest BCUT2D eigenvalue weighted by Gasteiger charge is -2.27. The molecule has 2 saturated heterocycles. The van der Waals surface area contributed by atoms with E-state index < -0.39 is 35.8 Å². The van der Waals surface area contributed by atoms with Crippen LogP contribution in [-0.4, -0.2) is 75.7 Å². The highest BCUT2D eigenvalue weighted by atomic mass is 35.5. The third kappa shape index (κ3) is 4.78. The van der Waals surface area contributed by atoms with Crippen LogP contribution in [0.5, 0.6) is 0 Å². The normalized spacial score (nSPS) is 28.8. The van der Waals surface area contributed by atoms with Gasteiger partial charge >= 0.3 is 11.7 Å². The van der Waals surface area contributed by atoms with E-state index in [-0.39, 0.29) is 24.1 Å². The van der Waals surface area contributed by atoms with Crippen LogP contribution in [0.3, 0.4) is 0 Å². The molecule has 3 heterocycles. The van der Waals surface area contributed by atoms with Gasteiger partial charge in [0.1, 0.15) is 24.9 Å². The Morgan fingerprint density at radius 1 is 1.34 bits per heavy atom. The first-order valence-electron chi connectivity index (χ1n) is 9.30. The molecule has 0 bridgehead atoms. The van der Waals surface area contributed by atoms with E-state index >= 15 is 0 Å². The number of esters is 1. The van der Waals surface area contributed by atoms with Gasteiger partial charge in [0, 0.05) is 11.7 Å². The lowest BCUT2D eigenvalue weighted by molar-refractivity contribution is -0.156. The Hall–Kier alpha value is -1.98. The Morgan fingerprint density at radius 3 is 2.69 bits per heavy atom. The molecule has 11 heteroatoms. The van der Waals surface area contributed by atoms with Gasteiger partial charge in [-0.1, -0.05) is 11.6 Å². The summed E-state index contributed by atoms with van der Waals surface area (Å²) in [5, 5.41) is 20.6. The Bertz CT molecular complexity index is 875. The van der Waals surface area contributed by atoms with Crippen molar-refractivity contribution in [3.63, 3.8) is 0 Å². The average Bonchev–Trinajstić information content (AvgIpc) is 2.97. The molecule has 1 aromatic rings. The highest BCUT2D eigenvalue weighted by Crippen LogP contribution is 2.29. The first-order chi connectivity index (χ1) is 13.8. The molecule has 2 aliphatic heterocycles. The smallest absolute Gasteiger partial charge is 0.330 e. The number of piperidine rings is 1. The highest BCUT2D eigenvalue weighted by Gasteiger charge is 2.45. The molecule has 0 saturated carbocycles. The number of carbonyl (C=O) groups is 1. The third-order valence-corrected chi connectivity index (χ3v) is 5.42. The van der Waals surface area contributed by atoms with Gasteiger partial charge in [-0.2, -0.15) is 0 Å². The molecule has 10 nitrogen and oxygen atoms in total. The van der Waals surface area contributed by atoms with Crippen LogP contribution in [0.2, 0.25) is 0 Å². The summed E-state index contributed by atoms with van der Waals surface area (Å²) >= 11 is 5.49. The third-order valence-electron chi connectivity index (χ3n) is 5.29. The minimum absolute atomic E-state index is 0.0713. The molecule has 4 unspecified atom stereocenters. The number of aliphatic hydroxyl groups is 2. The number of halogens is 1. The van der Waals surface area contributed by atoms with E-state index in [1.54, 1.807) is 0 Å². The van der Waals surface area contributed by atoms with E-state index in [0.717, 1.165) is 23.2 Å². The van der Waals surface area contributed by atoms with Crippen LogP contribution in [0.15, 0.2) is 21.3 Å². The minimum atomic E-state index is -1.46. The van der Waals surface area contributed by atoms with Crippen LogP contribution in [0.4, 0.5) is 0 Å². The molecule has 1 aromatic heterocycles. The first-order valence-corrected chi connectivity index (χ1v) is 9.74. The molecule has 4 atom stereocenters. The second-order valence-corrected chi connectivity index (χ2v) is 7.55. The molecule has 29 heavy (non-hydrogen) atoms. The summed E-state index contributed by atoms with van der Waals surface area (Å²) in [6.07, 6.45) is -1.28. The van der Waals surface area contributed by atoms with Crippen LogP contribution >= 0.6 is 11.6 Å². The number of nitrogens with one attached hydrogen (secondary N) is 1. The SMILES string of the molecule is CN1CCC(C(=O)OCC2OC(n3cc(/C=C/Cl)c(=O)[nH]c3=O)C(O)C2O)CC1. The molecular weight excluding hydrogens is 406 g/mol. The Kier molecular flexibility index (Phi) is 6.91. The Labute approximate surface area is 171 Å². The fourth-order valence-corrected chi connectivity index (χ4v) is 3.64. The summed E-state index contributed by atoms with van der Waals surface area (Å²) < 4.78 is 11.8. The minimum Gasteiger partial charge on any atom is -0.463 e. The topological polar surface area (TPSA) is 134 Å². The zero-order valence-electron chi connectivity index (χ0n) is 15.9. The standard InChI is InChI=1S/C18H24ClN3O7/c1-21-6-3-10(4-7-21)17(26)28-9-12-13(23)14(24)16(29-12)22-8-11(2-5-19)15(25)20-18(22)27/h2,5,8,10,12-14,16,23-24H,3-4,6-7,9H2,1H3,(H,20,25,27)/b5-2+. The van der Waals surface area contributed by atoms with Crippen molar-refractivity contribution in [1.82, 2.24) is 14.5 Å². The van der Waals surface area contributed by atoms with Gasteiger partial charge in [0.15, 0.2) is 6.23 Å². The molecular formula is C18H24ClN3O7. The summed E-state index contributed by atoms with van der Waals surface area (Å²) in [5.41, 5.74) is -0.297. The fourth-order valence-electron chi connectivity index (χ4n) is 3.50. The van der Waals surface area contributed by atoms with Gasteiger partial charge in [-0.25, -0.2) is 4.79 Å². The number of nitrogens with zero attached hydrogens (tertiary/aromatic N) is 2. The van der Waals surface area contributed by atoms with Gasteiger partial charge in [-0.15, -0.1) is 0 Å². The van der Waals surface area contributed by atoms with Crippen LogP contribution in [0.25, 0.3) is 6.08 Å². The number of ether oxygens (including phenoxy) is 2. The molecule has 160 valence electrons. The number of H-pyrrole nitrogens is 1. The lowest BCUT2D eigenvalue weighted by atomic mass is 9.97. The number of aromatic amines is 1. The Balaban J connectivity index is 1.67. The molecule has 0 aromatic carbocycles. The second-order valence-electron chi connectivity index (χ2n) is 7.30. The van der Waals surface area contributed by atoms with E-state index in [0.29, 0.717) is 12.8 Å². The van der Waals surface area contributed by atoms with Crippen LogP contribution in [-0.2, 0) is 14.3 Å². The van der Waals surface area contributed by atoms with Gasteiger partial charge < -0.3 is 24.6 Å². The Morgan fingerprint density at radius 2 is 2.03 bits per heavy atom. The van der Waals surface area contributed by atoms with Gasteiger partial charge in [-0.3, -0.25) is 19.1 Å². The zero-order valence-corrected chi connectivity index (χ0v) is 16.6. The molecule has 3 rings (SSSR count). The van der Waals surface area contributed by atoms with Crippen molar-refractivity contribution >= 4 is 23.6 Å². The molecule has 2 fully saturated rings. The van der Waals surface area contributed by atoms with Crippen molar-refractivity contribution in [2.75, 3.05) is 26.7 Å². The molecule has 2 aliphatic rings. The first kappa shape index (κ1) is 21.7. The van der Waals surface area contributed by atoms with Crippen LogP contribution in [0.1, 0.15) is 24.6 Å². The summed E-state index contributed by atoms with van der Waals surface area (Å²) in [5.74, 6) is -0.584. The van der Waals surface area contributed by atoms with E-state index in [2.05, 4.69) is 9.88 Å². The predicted molar refractivity (Wildman–Crippen MR) is 103 cm³/mol. The number of hydrogen-bond acceptors (Lipinski definition) is 8. The molecule has 0 amide bonds. The van der Waals surface area contributed by atoms with Crippen molar-refractivity contribution < 1.29 is 24.5 Å². The number of aliphatic hydroxyl groups excluding tert-OH is 2. The fraction of sp³-hybridized carbons (Fsp3) is 0.611. The van der Waals surface area contributed by atoms with Crippen molar-refractivity contribution in [2.24, 2.45) is 5.92 Å². The largest absolute Gasteiger partial charge is 0.463 e. The quantitative estimate of drug-likeness (QED) is 0.520. The van der Waals surface area contributed by atoms with E-state index in [1.165, 1.54) is 12.3 Å². The van der Waals surface area contributed by atoms with Gasteiger partial charge in [0.05, 0.1) is 11.5 Å². The number of carbonyl (C=O) groups excluding carboxylic acids is 1. The van der Waals surface area contributed by atoms with Crippen molar-refractivity contribution in [1.29, 1.82) is 0 Å². The summed E-state index contributed by atoms with van der Waals surface area (Å²) in [4.78, 5) is 40.4. The van der Waals surface area contributed by atoms with Crippen molar-refractivity contribution in [3.05, 3.63) is 38.1 Å². The average molecular weight is 430 g/mol. The molecule has 0 aliphatic carbocycles. The summed E-state index contributed by atoms with van der Waals surface area (Å²) in [6, 6.07) is 0. The van der Waals surface area contributed by atoms with Crippen molar-refractivity contribution in [3.8, 4) is 0 Å². The maximum atomic E-state index is 12.3. The predicted octanol–water partition coefficient (Wildman–Crippen LogP) is -0.750. The van der Waals surface area contributed by atoms with Gasteiger partial charge in [0.25, 0.3) is 5.56 Å². The maximum absolute atomic E-state index is 12.3. The number of hydrogen-bond donors (Lipinski definition) is 3. The zero-order chi connectivity index (χ0) is 21.1. The second kappa shape index (κ2) is 9.23. The number of rotatable bonds is 5. The molecule has 0 radical (unpaired) electrons. The monoisotopic (exact) mass is 429 g/mol. The summed E-state index contributed by atoms with van der Waals surface area (Å²) in [7, 11) is 1.99. The number of aromatic nitrogens is 2. The van der Waals surface area contributed by atoms with Gasteiger partial charge in [0.2, 0.25) is 0 Å². The van der Waals surface area contributed by atoms with E-state index in [4.69, 9.17) is 21.1 Å². The lowest BCUT2D eigenvalue weighted by Crippen LogP contribution is -2.39. The molecule has 3 N–H and O–H groups in total. The number of likely N-dealkylation sites (tertiary alicyclic amines) is 1. The van der Waals surface area contributed by atoms with E-state index in [9.17, 15) is 24.6 Å². The molecule has 0 spiro atoms. The summed E-state index contributed by atoms with van der Waals surface area (Å²) in [6.45, 7) is 1.35. The maximum Gasteiger partial charge on any atom is 0.330 e. The van der Waals surface area contributed by atoms with Crippen LogP contribution < -0.4 is 11.2 Å². The van der Waals surface area contributed by atoms with Crippen molar-refractivity contribution in [2.45, 2.75) is 37.4 Å².